The zero-order chi connectivity index (χ0) is 13.1. The lowest BCUT2D eigenvalue weighted by Gasteiger charge is -2.08. The van der Waals surface area contributed by atoms with Gasteiger partial charge in [-0.05, 0) is 31.2 Å². The lowest BCUT2D eigenvalue weighted by atomic mass is 10.1. The highest BCUT2D eigenvalue weighted by Crippen LogP contribution is 2.21. The highest BCUT2D eigenvalue weighted by Gasteiger charge is 2.11. The summed E-state index contributed by atoms with van der Waals surface area (Å²) in [7, 11) is 0. The molecule has 0 aliphatic heterocycles. The molecule has 5 heteroatoms. The normalized spacial score (nSPS) is 10.1. The topological polar surface area (TPSA) is 62.2 Å². The van der Waals surface area contributed by atoms with Crippen molar-refractivity contribution < 1.29 is 9.90 Å². The van der Waals surface area contributed by atoms with Crippen LogP contribution in [0.15, 0.2) is 36.5 Å². The van der Waals surface area contributed by atoms with Crippen LogP contribution in [-0.4, -0.2) is 16.0 Å². The zero-order valence-electron chi connectivity index (χ0n) is 9.64. The molecule has 0 bridgehead atoms. The van der Waals surface area contributed by atoms with Gasteiger partial charge in [0.05, 0.1) is 0 Å². The molecule has 0 saturated heterocycles. The summed E-state index contributed by atoms with van der Waals surface area (Å²) in [6.07, 6.45) is 1.51. The number of nitrogens with zero attached hydrogens (tertiary/aromatic N) is 1. The van der Waals surface area contributed by atoms with E-state index in [4.69, 9.17) is 11.6 Å². The van der Waals surface area contributed by atoms with Crippen LogP contribution in [0, 0.1) is 6.92 Å². The highest BCUT2D eigenvalue weighted by atomic mass is 35.5. The Morgan fingerprint density at radius 2 is 2.17 bits per heavy atom. The van der Waals surface area contributed by atoms with E-state index in [1.807, 2.05) is 0 Å². The number of nitrogens with one attached hydrogen (secondary N) is 1. The number of rotatable bonds is 2. The lowest BCUT2D eigenvalue weighted by Crippen LogP contribution is -2.13. The Morgan fingerprint density at radius 1 is 1.39 bits per heavy atom. The largest absolute Gasteiger partial charge is 0.508 e. The second-order valence-corrected chi connectivity index (χ2v) is 4.16. The quantitative estimate of drug-likeness (QED) is 0.818. The number of aromatic hydroxyl groups is 1. The minimum Gasteiger partial charge on any atom is -0.508 e. The first-order chi connectivity index (χ1) is 8.58. The minimum absolute atomic E-state index is 0.0930. The molecule has 2 aromatic rings. The number of benzene rings is 1. The van der Waals surface area contributed by atoms with Crippen molar-refractivity contribution in [1.29, 1.82) is 0 Å². The van der Waals surface area contributed by atoms with Gasteiger partial charge >= 0.3 is 0 Å². The van der Waals surface area contributed by atoms with E-state index >= 15 is 0 Å². The molecule has 1 aromatic carbocycles. The van der Waals surface area contributed by atoms with Gasteiger partial charge in [-0.3, -0.25) is 4.79 Å². The Kier molecular flexibility index (Phi) is 3.48. The van der Waals surface area contributed by atoms with Crippen LogP contribution in [0.3, 0.4) is 0 Å². The first kappa shape index (κ1) is 12.4. The van der Waals surface area contributed by atoms with Gasteiger partial charge < -0.3 is 10.4 Å². The maximum absolute atomic E-state index is 12.0. The smallest absolute Gasteiger partial charge is 0.256 e. The van der Waals surface area contributed by atoms with Crippen LogP contribution < -0.4 is 5.32 Å². The summed E-state index contributed by atoms with van der Waals surface area (Å²) in [6, 6.07) is 8.00. The van der Waals surface area contributed by atoms with E-state index in [1.54, 1.807) is 31.2 Å². The number of anilines is 1. The summed E-state index contributed by atoms with van der Waals surface area (Å²) >= 11 is 5.73. The number of amides is 1. The van der Waals surface area contributed by atoms with Crippen LogP contribution in [-0.2, 0) is 0 Å². The standard InChI is InChI=1S/C13H11ClN2O2/c1-8-10(3-2-4-11(8)17)13(18)16-9-5-6-15-12(14)7-9/h2-7,17H,1H3,(H,15,16,18). The molecule has 0 fully saturated rings. The summed E-state index contributed by atoms with van der Waals surface area (Å²) in [5.74, 6) is -0.207. The van der Waals surface area contributed by atoms with Gasteiger partial charge in [0.1, 0.15) is 10.9 Å². The van der Waals surface area contributed by atoms with Gasteiger partial charge in [0.25, 0.3) is 5.91 Å². The summed E-state index contributed by atoms with van der Waals surface area (Å²) in [4.78, 5) is 15.8. The Hall–Kier alpha value is -2.07. The van der Waals surface area contributed by atoms with E-state index in [1.165, 1.54) is 12.3 Å². The molecular weight excluding hydrogens is 252 g/mol. The zero-order valence-corrected chi connectivity index (χ0v) is 10.4. The minimum atomic E-state index is -0.300. The third-order valence-electron chi connectivity index (χ3n) is 2.53. The predicted octanol–water partition coefficient (Wildman–Crippen LogP) is 3.00. The Bertz CT molecular complexity index is 599. The molecule has 0 saturated carbocycles. The lowest BCUT2D eigenvalue weighted by molar-refractivity contribution is 0.102. The number of aromatic nitrogens is 1. The molecule has 0 aliphatic rings. The molecule has 2 N–H and O–H groups in total. The molecule has 1 aromatic heterocycles. The third-order valence-corrected chi connectivity index (χ3v) is 2.74. The summed E-state index contributed by atoms with van der Waals surface area (Å²) in [6.45, 7) is 1.68. The average molecular weight is 263 g/mol. The van der Waals surface area contributed by atoms with Crippen LogP contribution in [0.4, 0.5) is 5.69 Å². The number of phenols is 1. The van der Waals surface area contributed by atoms with Crippen LogP contribution in [0.25, 0.3) is 0 Å². The van der Waals surface area contributed by atoms with Gasteiger partial charge in [0, 0.05) is 23.0 Å². The summed E-state index contributed by atoms with van der Waals surface area (Å²) < 4.78 is 0. The Labute approximate surface area is 109 Å². The molecule has 0 aliphatic carbocycles. The fourth-order valence-electron chi connectivity index (χ4n) is 1.55. The van der Waals surface area contributed by atoms with Gasteiger partial charge in [-0.1, -0.05) is 17.7 Å². The number of phenolic OH excluding ortho intramolecular Hbond substituents is 1. The molecule has 18 heavy (non-hydrogen) atoms. The van der Waals surface area contributed by atoms with Gasteiger partial charge in [0.15, 0.2) is 0 Å². The second kappa shape index (κ2) is 5.06. The van der Waals surface area contributed by atoms with Crippen molar-refractivity contribution in [3.8, 4) is 5.75 Å². The fraction of sp³-hybridized carbons (Fsp3) is 0.0769. The second-order valence-electron chi connectivity index (χ2n) is 3.77. The highest BCUT2D eigenvalue weighted by molar-refractivity contribution is 6.29. The fourth-order valence-corrected chi connectivity index (χ4v) is 1.72. The monoisotopic (exact) mass is 262 g/mol. The van der Waals surface area contributed by atoms with E-state index in [0.717, 1.165) is 0 Å². The molecule has 0 radical (unpaired) electrons. The third kappa shape index (κ3) is 2.60. The molecule has 0 unspecified atom stereocenters. The van der Waals surface area contributed by atoms with Crippen LogP contribution in [0.5, 0.6) is 5.75 Å². The van der Waals surface area contributed by atoms with Crippen molar-refractivity contribution in [2.45, 2.75) is 6.92 Å². The molecule has 1 heterocycles. The van der Waals surface area contributed by atoms with E-state index in [0.29, 0.717) is 22.0 Å². The van der Waals surface area contributed by atoms with E-state index in [2.05, 4.69) is 10.3 Å². The number of halogens is 1. The molecule has 4 nitrogen and oxygen atoms in total. The van der Waals surface area contributed by atoms with Gasteiger partial charge in [0.2, 0.25) is 0 Å². The molecule has 92 valence electrons. The number of carbonyl (C=O) groups excluding carboxylic acids is 1. The van der Waals surface area contributed by atoms with E-state index < -0.39 is 0 Å². The average Bonchev–Trinajstić information content (AvgIpc) is 2.32. The van der Waals surface area contributed by atoms with Gasteiger partial charge in [-0.15, -0.1) is 0 Å². The van der Waals surface area contributed by atoms with Crippen LogP contribution >= 0.6 is 11.6 Å². The van der Waals surface area contributed by atoms with Crippen molar-refractivity contribution in [2.24, 2.45) is 0 Å². The molecule has 1 amide bonds. The summed E-state index contributed by atoms with van der Waals surface area (Å²) in [5, 5.41) is 12.5. The maximum Gasteiger partial charge on any atom is 0.256 e. The van der Waals surface area contributed by atoms with Crippen molar-refractivity contribution in [1.82, 2.24) is 4.98 Å². The Balaban J connectivity index is 2.25. The van der Waals surface area contributed by atoms with Gasteiger partial charge in [-0.25, -0.2) is 4.98 Å². The van der Waals surface area contributed by atoms with Crippen LogP contribution in [0.1, 0.15) is 15.9 Å². The molecular formula is C13H11ClN2O2. The maximum atomic E-state index is 12.0. The van der Waals surface area contributed by atoms with Crippen molar-refractivity contribution in [3.63, 3.8) is 0 Å². The van der Waals surface area contributed by atoms with E-state index in [9.17, 15) is 9.90 Å². The number of carbonyl (C=O) groups is 1. The number of hydrogen-bond donors (Lipinski definition) is 2. The molecule has 0 atom stereocenters. The van der Waals surface area contributed by atoms with Gasteiger partial charge in [-0.2, -0.15) is 0 Å². The van der Waals surface area contributed by atoms with E-state index in [-0.39, 0.29) is 11.7 Å². The first-order valence-electron chi connectivity index (χ1n) is 5.29. The predicted molar refractivity (Wildman–Crippen MR) is 70.0 cm³/mol. The van der Waals surface area contributed by atoms with Crippen LogP contribution in [0.2, 0.25) is 5.15 Å². The first-order valence-corrected chi connectivity index (χ1v) is 5.67. The SMILES string of the molecule is Cc1c(O)cccc1C(=O)Nc1ccnc(Cl)c1. The number of pyridine rings is 1. The van der Waals surface area contributed by atoms with Crippen molar-refractivity contribution in [2.75, 3.05) is 5.32 Å². The Morgan fingerprint density at radius 3 is 2.89 bits per heavy atom. The van der Waals surface area contributed by atoms with Crippen molar-refractivity contribution >= 4 is 23.2 Å². The van der Waals surface area contributed by atoms with Crippen molar-refractivity contribution in [3.05, 3.63) is 52.8 Å². The molecule has 2 rings (SSSR count). The number of hydrogen-bond acceptors (Lipinski definition) is 3. The molecule has 0 spiro atoms. The summed E-state index contributed by atoms with van der Waals surface area (Å²) in [5.41, 5.74) is 1.51.